The van der Waals surface area contributed by atoms with Gasteiger partial charge in [0.05, 0.1) is 22.5 Å². The molecule has 2 heterocycles. The molecule has 0 atom stereocenters. The average Bonchev–Trinajstić information content (AvgIpc) is 3.20. The Kier molecular flexibility index (Phi) is 5.23. The number of carbonyl (C=O) groups is 1. The number of pyridine rings is 1. The van der Waals surface area contributed by atoms with E-state index in [9.17, 15) is 4.79 Å². The number of rotatable bonds is 4. The van der Waals surface area contributed by atoms with Crippen LogP contribution in [-0.4, -0.2) is 20.9 Å². The molecule has 28 heavy (non-hydrogen) atoms. The summed E-state index contributed by atoms with van der Waals surface area (Å²) in [5, 5.41) is 3.40. The largest absolute Gasteiger partial charge is 0.338 e. The molecule has 2 aromatic carbocycles. The molecule has 1 amide bonds. The predicted octanol–water partition coefficient (Wildman–Crippen LogP) is 5.81. The number of aromatic amines is 1. The lowest BCUT2D eigenvalue weighted by Gasteiger charge is -2.08. The topological polar surface area (TPSA) is 70.7 Å². The molecule has 7 heteroatoms. The SMILES string of the molecule is O=C(Nc1ccc(Cl)c(-c2ncc(-c3ccccc3)[nH]2)c1)c1cncc(Br)c1. The van der Waals surface area contributed by atoms with Crippen molar-refractivity contribution in [1.29, 1.82) is 0 Å². The third kappa shape index (κ3) is 3.98. The summed E-state index contributed by atoms with van der Waals surface area (Å²) in [6.45, 7) is 0. The van der Waals surface area contributed by atoms with Crippen LogP contribution < -0.4 is 5.32 Å². The molecule has 0 fully saturated rings. The summed E-state index contributed by atoms with van der Waals surface area (Å²) in [5.74, 6) is 0.371. The Morgan fingerprint density at radius 3 is 2.64 bits per heavy atom. The fourth-order valence-electron chi connectivity index (χ4n) is 2.75. The van der Waals surface area contributed by atoms with Gasteiger partial charge in [0.2, 0.25) is 0 Å². The highest BCUT2D eigenvalue weighted by molar-refractivity contribution is 9.10. The van der Waals surface area contributed by atoms with Gasteiger partial charge < -0.3 is 10.3 Å². The molecule has 0 aliphatic rings. The first-order valence-electron chi connectivity index (χ1n) is 8.42. The van der Waals surface area contributed by atoms with Crippen LogP contribution in [0, 0.1) is 0 Å². The van der Waals surface area contributed by atoms with Crippen LogP contribution >= 0.6 is 27.5 Å². The lowest BCUT2D eigenvalue weighted by atomic mass is 10.1. The van der Waals surface area contributed by atoms with Gasteiger partial charge in [0, 0.05) is 28.1 Å². The second-order valence-corrected chi connectivity index (χ2v) is 7.37. The summed E-state index contributed by atoms with van der Waals surface area (Å²) in [7, 11) is 0. The number of anilines is 1. The maximum atomic E-state index is 12.5. The summed E-state index contributed by atoms with van der Waals surface area (Å²) in [5.41, 5.74) is 3.69. The molecule has 4 rings (SSSR count). The molecule has 0 spiro atoms. The van der Waals surface area contributed by atoms with E-state index in [0.29, 0.717) is 27.7 Å². The molecule has 0 radical (unpaired) electrons. The van der Waals surface area contributed by atoms with Crippen molar-refractivity contribution in [2.75, 3.05) is 5.32 Å². The number of nitrogens with zero attached hydrogens (tertiary/aromatic N) is 2. The van der Waals surface area contributed by atoms with Gasteiger partial charge in [0.25, 0.3) is 5.91 Å². The second-order valence-electron chi connectivity index (χ2n) is 6.05. The lowest BCUT2D eigenvalue weighted by molar-refractivity contribution is 0.102. The molecule has 138 valence electrons. The number of hydrogen-bond acceptors (Lipinski definition) is 3. The molecule has 0 unspecified atom stereocenters. The van der Waals surface area contributed by atoms with E-state index in [1.54, 1.807) is 36.7 Å². The third-order valence-corrected chi connectivity index (χ3v) is 4.87. The van der Waals surface area contributed by atoms with Crippen molar-refractivity contribution in [3.63, 3.8) is 0 Å². The maximum absolute atomic E-state index is 12.5. The Labute approximate surface area is 174 Å². The van der Waals surface area contributed by atoms with Crippen molar-refractivity contribution in [2.45, 2.75) is 0 Å². The van der Waals surface area contributed by atoms with Crippen molar-refractivity contribution in [3.8, 4) is 22.6 Å². The zero-order valence-corrected chi connectivity index (χ0v) is 16.8. The summed E-state index contributed by atoms with van der Waals surface area (Å²) >= 11 is 9.69. The average molecular weight is 454 g/mol. The fourth-order valence-corrected chi connectivity index (χ4v) is 3.32. The highest BCUT2D eigenvalue weighted by atomic mass is 79.9. The van der Waals surface area contributed by atoms with E-state index in [1.165, 1.54) is 6.20 Å². The molecule has 4 aromatic rings. The van der Waals surface area contributed by atoms with Gasteiger partial charge in [-0.1, -0.05) is 41.9 Å². The van der Waals surface area contributed by atoms with Crippen LogP contribution in [0.2, 0.25) is 5.02 Å². The van der Waals surface area contributed by atoms with Crippen LogP contribution in [0.1, 0.15) is 10.4 Å². The van der Waals surface area contributed by atoms with E-state index in [2.05, 4.69) is 36.2 Å². The minimum atomic E-state index is -0.258. The molecule has 0 bridgehead atoms. The van der Waals surface area contributed by atoms with Crippen molar-refractivity contribution in [2.24, 2.45) is 0 Å². The second kappa shape index (κ2) is 7.96. The van der Waals surface area contributed by atoms with E-state index < -0.39 is 0 Å². The molecular weight excluding hydrogens is 440 g/mol. The van der Waals surface area contributed by atoms with Crippen LogP contribution in [0.5, 0.6) is 0 Å². The Balaban J connectivity index is 1.61. The zero-order valence-electron chi connectivity index (χ0n) is 14.5. The number of aromatic nitrogens is 3. The first-order valence-corrected chi connectivity index (χ1v) is 9.59. The van der Waals surface area contributed by atoms with Gasteiger partial charge in [-0.2, -0.15) is 0 Å². The van der Waals surface area contributed by atoms with Gasteiger partial charge >= 0.3 is 0 Å². The minimum absolute atomic E-state index is 0.258. The van der Waals surface area contributed by atoms with Gasteiger partial charge in [-0.25, -0.2) is 4.98 Å². The Bertz CT molecular complexity index is 1140. The van der Waals surface area contributed by atoms with E-state index >= 15 is 0 Å². The smallest absolute Gasteiger partial charge is 0.257 e. The quantitative estimate of drug-likeness (QED) is 0.410. The molecule has 0 saturated heterocycles. The lowest BCUT2D eigenvalue weighted by Crippen LogP contribution is -2.12. The van der Waals surface area contributed by atoms with Crippen molar-refractivity contribution in [1.82, 2.24) is 15.0 Å². The summed E-state index contributed by atoms with van der Waals surface area (Å²) in [4.78, 5) is 24.2. The Morgan fingerprint density at radius 1 is 1.04 bits per heavy atom. The van der Waals surface area contributed by atoms with Crippen LogP contribution in [0.4, 0.5) is 5.69 Å². The number of imidazole rings is 1. The first kappa shape index (κ1) is 18.4. The minimum Gasteiger partial charge on any atom is -0.338 e. The fraction of sp³-hybridized carbons (Fsp3) is 0. The summed E-state index contributed by atoms with van der Waals surface area (Å²) in [6.07, 6.45) is 4.90. The van der Waals surface area contributed by atoms with Crippen LogP contribution in [0.25, 0.3) is 22.6 Å². The normalized spacial score (nSPS) is 10.6. The molecule has 2 N–H and O–H groups in total. The first-order chi connectivity index (χ1) is 13.6. The van der Waals surface area contributed by atoms with E-state index in [1.807, 2.05) is 30.3 Å². The standard InChI is InChI=1S/C21H14BrClN4O/c22-15-8-14(10-24-11-15)21(28)26-16-6-7-18(23)17(9-16)20-25-12-19(27-20)13-4-2-1-3-5-13/h1-12H,(H,25,27)(H,26,28). The number of hydrogen-bond donors (Lipinski definition) is 2. The van der Waals surface area contributed by atoms with Gasteiger partial charge in [0.1, 0.15) is 5.82 Å². The number of carbonyl (C=O) groups excluding carboxylic acids is 1. The third-order valence-electron chi connectivity index (χ3n) is 4.11. The molecular formula is C21H14BrClN4O. The van der Waals surface area contributed by atoms with Crippen LogP contribution in [-0.2, 0) is 0 Å². The Morgan fingerprint density at radius 2 is 1.86 bits per heavy atom. The summed E-state index contributed by atoms with van der Waals surface area (Å²) < 4.78 is 0.737. The maximum Gasteiger partial charge on any atom is 0.257 e. The van der Waals surface area contributed by atoms with Crippen molar-refractivity contribution in [3.05, 3.63) is 88.2 Å². The van der Waals surface area contributed by atoms with Gasteiger partial charge in [-0.05, 0) is 45.8 Å². The van der Waals surface area contributed by atoms with Crippen LogP contribution in [0.3, 0.4) is 0 Å². The van der Waals surface area contributed by atoms with Crippen LogP contribution in [0.15, 0.2) is 77.7 Å². The molecule has 0 saturated carbocycles. The highest BCUT2D eigenvalue weighted by Crippen LogP contribution is 2.30. The number of nitrogens with one attached hydrogen (secondary N) is 2. The van der Waals surface area contributed by atoms with Crippen molar-refractivity contribution < 1.29 is 4.79 Å². The highest BCUT2D eigenvalue weighted by Gasteiger charge is 2.12. The predicted molar refractivity (Wildman–Crippen MR) is 114 cm³/mol. The molecule has 5 nitrogen and oxygen atoms in total. The number of halogens is 2. The van der Waals surface area contributed by atoms with Gasteiger partial charge in [-0.15, -0.1) is 0 Å². The van der Waals surface area contributed by atoms with Crippen molar-refractivity contribution >= 4 is 39.1 Å². The monoisotopic (exact) mass is 452 g/mol. The number of benzene rings is 2. The molecule has 2 aromatic heterocycles. The van der Waals surface area contributed by atoms with E-state index in [-0.39, 0.29) is 5.91 Å². The number of amides is 1. The number of H-pyrrole nitrogens is 1. The summed E-state index contributed by atoms with van der Waals surface area (Å²) in [6, 6.07) is 16.9. The van der Waals surface area contributed by atoms with E-state index in [4.69, 9.17) is 11.6 Å². The Hall–Kier alpha value is -2.96. The van der Waals surface area contributed by atoms with E-state index in [0.717, 1.165) is 15.7 Å². The van der Waals surface area contributed by atoms with Gasteiger partial charge in [-0.3, -0.25) is 9.78 Å². The molecule has 0 aliphatic heterocycles. The zero-order chi connectivity index (χ0) is 19.5. The van der Waals surface area contributed by atoms with Gasteiger partial charge in [0.15, 0.2) is 0 Å². The molecule has 0 aliphatic carbocycles.